The Bertz CT molecular complexity index is 276. The van der Waals surface area contributed by atoms with Gasteiger partial charge in [0.25, 0.3) is 0 Å². The highest BCUT2D eigenvalue weighted by Gasteiger charge is 2.23. The topological polar surface area (TPSA) is 55.6 Å². The molecule has 0 radical (unpaired) electrons. The van der Waals surface area contributed by atoms with Crippen molar-refractivity contribution >= 4 is 23.1 Å². The van der Waals surface area contributed by atoms with E-state index in [0.29, 0.717) is 24.5 Å². The van der Waals surface area contributed by atoms with Crippen LogP contribution in [-0.4, -0.2) is 41.6 Å². The first-order valence-corrected chi connectivity index (χ1v) is 6.60. The van der Waals surface area contributed by atoms with Crippen molar-refractivity contribution in [2.24, 2.45) is 11.7 Å². The van der Waals surface area contributed by atoms with Gasteiger partial charge in [-0.05, 0) is 12.8 Å². The van der Waals surface area contributed by atoms with E-state index in [1.807, 2.05) is 18.7 Å². The number of hydrogen-bond acceptors (Lipinski definition) is 3. The largest absolute Gasteiger partial charge is 0.393 e. The minimum Gasteiger partial charge on any atom is -0.393 e. The molecule has 1 aliphatic heterocycles. The Morgan fingerprint density at radius 1 is 1.59 bits per heavy atom. The molecule has 1 aliphatic rings. The highest BCUT2D eigenvalue weighted by Crippen LogP contribution is 2.15. The molecule has 1 atom stereocenters. The van der Waals surface area contributed by atoms with Crippen LogP contribution in [0, 0.1) is 5.92 Å². The lowest BCUT2D eigenvalue weighted by molar-refractivity contribution is -0.135. The number of amides is 1. The van der Waals surface area contributed by atoms with Gasteiger partial charge in [-0.3, -0.25) is 4.79 Å². The Morgan fingerprint density at radius 3 is 2.76 bits per heavy atom. The maximum atomic E-state index is 12.0. The Balaban J connectivity index is 2.50. The van der Waals surface area contributed by atoms with Crippen molar-refractivity contribution in [3.63, 3.8) is 0 Å². The molecule has 1 rings (SSSR count). The predicted molar refractivity (Wildman–Crippen MR) is 71.8 cm³/mol. The number of ether oxygens (including phenoxy) is 1. The molecular formula is C12H22N2O2S. The lowest BCUT2D eigenvalue weighted by Gasteiger charge is -2.27. The van der Waals surface area contributed by atoms with Crippen LogP contribution in [0.5, 0.6) is 0 Å². The predicted octanol–water partition coefficient (Wildman–Crippen LogP) is 1.33. The summed E-state index contributed by atoms with van der Waals surface area (Å²) in [7, 11) is 0. The van der Waals surface area contributed by atoms with Gasteiger partial charge in [0.05, 0.1) is 11.1 Å². The van der Waals surface area contributed by atoms with E-state index in [1.54, 1.807) is 0 Å². The normalized spacial score (nSPS) is 19.6. The molecule has 2 N–H and O–H groups in total. The lowest BCUT2D eigenvalue weighted by Crippen LogP contribution is -2.41. The van der Waals surface area contributed by atoms with Crippen molar-refractivity contribution in [2.45, 2.75) is 39.2 Å². The lowest BCUT2D eigenvalue weighted by atomic mass is 10.1. The van der Waals surface area contributed by atoms with E-state index in [9.17, 15) is 4.79 Å². The summed E-state index contributed by atoms with van der Waals surface area (Å²) in [4.78, 5) is 14.3. The van der Waals surface area contributed by atoms with Crippen LogP contribution in [0.3, 0.4) is 0 Å². The maximum Gasteiger partial charge on any atom is 0.225 e. The molecule has 4 nitrogen and oxygen atoms in total. The average Bonchev–Trinajstić information content (AvgIpc) is 2.75. The highest BCUT2D eigenvalue weighted by molar-refractivity contribution is 7.80. The minimum atomic E-state index is 0.00255. The van der Waals surface area contributed by atoms with Gasteiger partial charge in [0.15, 0.2) is 0 Å². The minimum absolute atomic E-state index is 0.00255. The van der Waals surface area contributed by atoms with Crippen molar-refractivity contribution in [2.75, 3.05) is 19.7 Å². The second-order valence-electron chi connectivity index (χ2n) is 4.79. The Kier molecular flexibility index (Phi) is 5.85. The number of rotatable bonds is 6. The van der Waals surface area contributed by atoms with E-state index < -0.39 is 0 Å². The molecule has 1 fully saturated rings. The van der Waals surface area contributed by atoms with Crippen molar-refractivity contribution in [3.05, 3.63) is 0 Å². The number of carbonyl (C=O) groups is 1. The molecule has 5 heteroatoms. The second kappa shape index (κ2) is 6.91. The van der Waals surface area contributed by atoms with Gasteiger partial charge in [0.1, 0.15) is 0 Å². The second-order valence-corrected chi connectivity index (χ2v) is 5.31. The third-order valence-electron chi connectivity index (χ3n) is 2.88. The van der Waals surface area contributed by atoms with Gasteiger partial charge in [-0.1, -0.05) is 26.1 Å². The molecule has 0 bridgehead atoms. The Hall–Kier alpha value is -0.680. The smallest absolute Gasteiger partial charge is 0.225 e. The summed E-state index contributed by atoms with van der Waals surface area (Å²) in [5, 5.41) is 0. The molecule has 1 saturated heterocycles. The first-order valence-electron chi connectivity index (χ1n) is 6.19. The van der Waals surface area contributed by atoms with Crippen LogP contribution >= 0.6 is 12.2 Å². The van der Waals surface area contributed by atoms with Crippen molar-refractivity contribution < 1.29 is 9.53 Å². The number of nitrogens with two attached hydrogens (primary N) is 1. The van der Waals surface area contributed by atoms with Gasteiger partial charge in [0, 0.05) is 32.0 Å². The molecule has 0 aromatic carbocycles. The summed E-state index contributed by atoms with van der Waals surface area (Å²) in [5.41, 5.74) is 5.49. The van der Waals surface area contributed by atoms with E-state index in [-0.39, 0.29) is 17.9 Å². The fourth-order valence-corrected chi connectivity index (χ4v) is 2.03. The number of thiocarbonyl (C=S) groups is 1. The molecular weight excluding hydrogens is 236 g/mol. The maximum absolute atomic E-state index is 12.0. The third kappa shape index (κ3) is 5.00. The third-order valence-corrected chi connectivity index (χ3v) is 3.09. The van der Waals surface area contributed by atoms with Gasteiger partial charge < -0.3 is 15.4 Å². The van der Waals surface area contributed by atoms with Crippen LogP contribution in [0.1, 0.15) is 33.1 Å². The van der Waals surface area contributed by atoms with E-state index in [0.717, 1.165) is 19.4 Å². The van der Waals surface area contributed by atoms with E-state index >= 15 is 0 Å². The van der Waals surface area contributed by atoms with Crippen molar-refractivity contribution in [1.29, 1.82) is 0 Å². The Labute approximate surface area is 108 Å². The molecule has 1 heterocycles. The Morgan fingerprint density at radius 2 is 2.29 bits per heavy atom. The standard InChI is InChI=1S/C12H22N2O2S/c1-9(2)12(15)14(6-5-11(13)17)8-10-4-3-7-16-10/h9-10H,3-8H2,1-2H3,(H2,13,17). The van der Waals surface area contributed by atoms with Gasteiger partial charge in [-0.25, -0.2) is 0 Å². The highest BCUT2D eigenvalue weighted by atomic mass is 32.1. The average molecular weight is 258 g/mol. The molecule has 1 unspecified atom stereocenters. The summed E-state index contributed by atoms with van der Waals surface area (Å²) in [5.74, 6) is 0.152. The number of carbonyl (C=O) groups excluding carboxylic acids is 1. The summed E-state index contributed by atoms with van der Waals surface area (Å²) in [6.45, 7) is 5.90. The molecule has 98 valence electrons. The van der Waals surface area contributed by atoms with Crippen LogP contribution in [0.25, 0.3) is 0 Å². The molecule has 1 amide bonds. The zero-order valence-corrected chi connectivity index (χ0v) is 11.5. The molecule has 0 aliphatic carbocycles. The van der Waals surface area contributed by atoms with Crippen LogP contribution in [0.2, 0.25) is 0 Å². The molecule has 0 saturated carbocycles. The van der Waals surface area contributed by atoms with Crippen LogP contribution in [-0.2, 0) is 9.53 Å². The van der Waals surface area contributed by atoms with Gasteiger partial charge >= 0.3 is 0 Å². The van der Waals surface area contributed by atoms with E-state index in [2.05, 4.69) is 0 Å². The molecule has 0 aromatic rings. The summed E-state index contributed by atoms with van der Waals surface area (Å²) in [6, 6.07) is 0. The number of nitrogens with zero attached hydrogens (tertiary/aromatic N) is 1. The van der Waals surface area contributed by atoms with Crippen LogP contribution in [0.4, 0.5) is 0 Å². The van der Waals surface area contributed by atoms with Gasteiger partial charge in [0.2, 0.25) is 5.91 Å². The zero-order valence-electron chi connectivity index (χ0n) is 10.6. The molecule has 0 spiro atoms. The monoisotopic (exact) mass is 258 g/mol. The fourth-order valence-electron chi connectivity index (χ4n) is 1.94. The quantitative estimate of drug-likeness (QED) is 0.730. The van der Waals surface area contributed by atoms with Crippen LogP contribution in [0.15, 0.2) is 0 Å². The number of hydrogen-bond donors (Lipinski definition) is 1. The van der Waals surface area contributed by atoms with Gasteiger partial charge in [-0.2, -0.15) is 0 Å². The fraction of sp³-hybridized carbons (Fsp3) is 0.833. The van der Waals surface area contributed by atoms with Crippen LogP contribution < -0.4 is 5.73 Å². The van der Waals surface area contributed by atoms with E-state index in [1.165, 1.54) is 0 Å². The summed E-state index contributed by atoms with van der Waals surface area (Å²) in [6.07, 6.45) is 2.89. The first-order chi connectivity index (χ1) is 8.00. The van der Waals surface area contributed by atoms with Crippen molar-refractivity contribution in [1.82, 2.24) is 4.90 Å². The van der Waals surface area contributed by atoms with Crippen molar-refractivity contribution in [3.8, 4) is 0 Å². The summed E-state index contributed by atoms with van der Waals surface area (Å²) >= 11 is 4.86. The van der Waals surface area contributed by atoms with E-state index in [4.69, 9.17) is 22.7 Å². The first kappa shape index (κ1) is 14.4. The zero-order chi connectivity index (χ0) is 12.8. The summed E-state index contributed by atoms with van der Waals surface area (Å²) < 4.78 is 5.56. The SMILES string of the molecule is CC(C)C(=O)N(CCC(N)=S)CC1CCCO1. The molecule has 0 aromatic heterocycles. The van der Waals surface area contributed by atoms with Gasteiger partial charge in [-0.15, -0.1) is 0 Å². The molecule has 17 heavy (non-hydrogen) atoms.